The smallest absolute Gasteiger partial charge is 0.143 e. The number of carbonyl (C=O) groups excluding carboxylic acids is 2. The molecule has 3 nitrogen and oxygen atoms in total. The van der Waals surface area contributed by atoms with Crippen molar-refractivity contribution in [3.8, 4) is 5.75 Å². The molecule has 0 aliphatic carbocycles. The minimum absolute atomic E-state index is 0.00259. The largest absolute Gasteiger partial charge is 0.508 e. The van der Waals surface area contributed by atoms with Gasteiger partial charge in [-0.1, -0.05) is 61.9 Å². The summed E-state index contributed by atoms with van der Waals surface area (Å²) in [4.78, 5) is 24.1. The Labute approximate surface area is 159 Å². The molecule has 2 aromatic rings. The van der Waals surface area contributed by atoms with Crippen LogP contribution in [0.3, 0.4) is 0 Å². The SMILES string of the molecule is CCC(=O)C(Cc1ccc(C=Cc2ccc(O)cc2Cl)cc1)C(=O)CC. The molecule has 0 aliphatic heterocycles. The highest BCUT2D eigenvalue weighted by atomic mass is 35.5. The fourth-order valence-corrected chi connectivity index (χ4v) is 2.98. The molecule has 136 valence electrons. The molecule has 0 saturated heterocycles. The van der Waals surface area contributed by atoms with E-state index < -0.39 is 5.92 Å². The predicted molar refractivity (Wildman–Crippen MR) is 106 cm³/mol. The molecule has 0 saturated carbocycles. The highest BCUT2D eigenvalue weighted by molar-refractivity contribution is 6.32. The van der Waals surface area contributed by atoms with Gasteiger partial charge in [-0.05, 0) is 41.3 Å². The fraction of sp³-hybridized carbons (Fsp3) is 0.273. The molecule has 0 heterocycles. The van der Waals surface area contributed by atoms with Crippen LogP contribution in [0.4, 0.5) is 0 Å². The third-order valence-electron chi connectivity index (χ3n) is 4.33. The summed E-state index contributed by atoms with van der Waals surface area (Å²) in [7, 11) is 0. The van der Waals surface area contributed by atoms with Crippen molar-refractivity contribution in [2.24, 2.45) is 5.92 Å². The second-order valence-corrected chi connectivity index (χ2v) is 6.58. The number of hydrogen-bond donors (Lipinski definition) is 1. The molecule has 0 amide bonds. The monoisotopic (exact) mass is 370 g/mol. The van der Waals surface area contributed by atoms with Crippen molar-refractivity contribution in [2.45, 2.75) is 33.1 Å². The summed E-state index contributed by atoms with van der Waals surface area (Å²) in [6.45, 7) is 3.58. The van der Waals surface area contributed by atoms with Crippen LogP contribution in [-0.4, -0.2) is 16.7 Å². The second kappa shape index (κ2) is 9.35. The molecule has 0 fully saturated rings. The number of carbonyl (C=O) groups is 2. The van der Waals surface area contributed by atoms with E-state index in [1.807, 2.05) is 36.4 Å². The first-order chi connectivity index (χ1) is 12.4. The number of ketones is 2. The Balaban J connectivity index is 2.10. The van der Waals surface area contributed by atoms with Crippen molar-refractivity contribution < 1.29 is 14.7 Å². The van der Waals surface area contributed by atoms with Crippen LogP contribution in [0.1, 0.15) is 43.4 Å². The molecular weight excluding hydrogens is 348 g/mol. The van der Waals surface area contributed by atoms with E-state index in [0.29, 0.717) is 24.3 Å². The lowest BCUT2D eigenvalue weighted by molar-refractivity contribution is -0.132. The zero-order valence-corrected chi connectivity index (χ0v) is 15.8. The van der Waals surface area contributed by atoms with Crippen LogP contribution >= 0.6 is 11.6 Å². The van der Waals surface area contributed by atoms with E-state index in [1.54, 1.807) is 26.0 Å². The topological polar surface area (TPSA) is 54.4 Å². The molecule has 0 atom stereocenters. The number of halogens is 1. The van der Waals surface area contributed by atoms with Crippen molar-refractivity contribution in [1.82, 2.24) is 0 Å². The Morgan fingerprint density at radius 3 is 2.15 bits per heavy atom. The van der Waals surface area contributed by atoms with Crippen LogP contribution in [0.5, 0.6) is 5.75 Å². The standard InChI is InChI=1S/C22H23ClO3/c1-3-21(25)19(22(26)4-2)13-16-7-5-15(6-8-16)9-10-17-11-12-18(24)14-20(17)23/h5-12,14,19,24H,3-4,13H2,1-2H3. The molecule has 0 radical (unpaired) electrons. The number of phenols is 1. The molecule has 0 unspecified atom stereocenters. The minimum Gasteiger partial charge on any atom is -0.508 e. The van der Waals surface area contributed by atoms with Gasteiger partial charge in [-0.2, -0.15) is 0 Å². The van der Waals surface area contributed by atoms with Crippen LogP contribution in [-0.2, 0) is 16.0 Å². The minimum atomic E-state index is -0.540. The summed E-state index contributed by atoms with van der Waals surface area (Å²) >= 11 is 6.09. The molecule has 4 heteroatoms. The molecule has 0 aliphatic rings. The van der Waals surface area contributed by atoms with Gasteiger partial charge in [0.05, 0.1) is 10.9 Å². The predicted octanol–water partition coefficient (Wildman–Crippen LogP) is 5.33. The molecule has 0 bridgehead atoms. The molecule has 0 spiro atoms. The molecular formula is C22H23ClO3. The Morgan fingerprint density at radius 2 is 1.62 bits per heavy atom. The average molecular weight is 371 g/mol. The fourth-order valence-electron chi connectivity index (χ4n) is 2.74. The first-order valence-electron chi connectivity index (χ1n) is 8.75. The molecule has 0 aromatic heterocycles. The summed E-state index contributed by atoms with van der Waals surface area (Å²) in [5.74, 6) is -0.401. The number of phenolic OH excluding ortho intramolecular Hbond substituents is 1. The Kier molecular flexibility index (Phi) is 7.16. The molecule has 2 rings (SSSR count). The van der Waals surface area contributed by atoms with E-state index in [2.05, 4.69) is 0 Å². The normalized spacial score (nSPS) is 11.2. The van der Waals surface area contributed by atoms with Crippen molar-refractivity contribution in [2.75, 3.05) is 0 Å². The Bertz CT molecular complexity index is 791. The summed E-state index contributed by atoms with van der Waals surface area (Å²) in [5, 5.41) is 9.87. The summed E-state index contributed by atoms with van der Waals surface area (Å²) < 4.78 is 0. The van der Waals surface area contributed by atoms with Crippen LogP contribution in [0.15, 0.2) is 42.5 Å². The van der Waals surface area contributed by atoms with Crippen LogP contribution in [0.2, 0.25) is 5.02 Å². The summed E-state index contributed by atoms with van der Waals surface area (Å²) in [6, 6.07) is 12.6. The van der Waals surface area contributed by atoms with Crippen molar-refractivity contribution in [3.05, 3.63) is 64.2 Å². The van der Waals surface area contributed by atoms with Crippen molar-refractivity contribution >= 4 is 35.3 Å². The quantitative estimate of drug-likeness (QED) is 0.504. The zero-order valence-electron chi connectivity index (χ0n) is 15.0. The van der Waals surface area contributed by atoms with Crippen LogP contribution < -0.4 is 0 Å². The van der Waals surface area contributed by atoms with Crippen molar-refractivity contribution in [3.63, 3.8) is 0 Å². The van der Waals surface area contributed by atoms with Gasteiger partial charge in [0.2, 0.25) is 0 Å². The van der Waals surface area contributed by atoms with Gasteiger partial charge in [-0.25, -0.2) is 0 Å². The van der Waals surface area contributed by atoms with Crippen LogP contribution in [0, 0.1) is 5.92 Å². The first kappa shape index (κ1) is 19.9. The number of benzene rings is 2. The van der Waals surface area contributed by atoms with Crippen LogP contribution in [0.25, 0.3) is 12.2 Å². The lowest BCUT2D eigenvalue weighted by Crippen LogP contribution is -2.25. The number of hydrogen-bond acceptors (Lipinski definition) is 3. The van der Waals surface area contributed by atoms with Gasteiger partial charge in [-0.15, -0.1) is 0 Å². The number of aromatic hydroxyl groups is 1. The molecule has 26 heavy (non-hydrogen) atoms. The van der Waals surface area contributed by atoms with Gasteiger partial charge >= 0.3 is 0 Å². The summed E-state index contributed by atoms with van der Waals surface area (Å²) in [5.41, 5.74) is 2.77. The van der Waals surface area contributed by atoms with E-state index in [1.165, 1.54) is 6.07 Å². The van der Waals surface area contributed by atoms with Gasteiger partial charge in [0.1, 0.15) is 17.3 Å². The lowest BCUT2D eigenvalue weighted by atomic mass is 9.89. The highest BCUT2D eigenvalue weighted by Crippen LogP contribution is 2.23. The highest BCUT2D eigenvalue weighted by Gasteiger charge is 2.23. The third-order valence-corrected chi connectivity index (χ3v) is 4.66. The van der Waals surface area contributed by atoms with E-state index in [0.717, 1.165) is 16.7 Å². The lowest BCUT2D eigenvalue weighted by Gasteiger charge is -2.13. The Hall–Kier alpha value is -2.39. The third kappa shape index (κ3) is 5.30. The van der Waals surface area contributed by atoms with E-state index in [9.17, 15) is 14.7 Å². The maximum Gasteiger partial charge on any atom is 0.143 e. The maximum atomic E-state index is 12.0. The number of Topliss-reactive ketones (excluding diaryl/α,β-unsaturated/α-hetero) is 2. The zero-order chi connectivity index (χ0) is 19.1. The second-order valence-electron chi connectivity index (χ2n) is 6.18. The van der Waals surface area contributed by atoms with Gasteiger partial charge in [0, 0.05) is 12.8 Å². The van der Waals surface area contributed by atoms with Crippen molar-refractivity contribution in [1.29, 1.82) is 0 Å². The van der Waals surface area contributed by atoms with E-state index in [-0.39, 0.29) is 17.3 Å². The van der Waals surface area contributed by atoms with Gasteiger partial charge in [0.25, 0.3) is 0 Å². The Morgan fingerprint density at radius 1 is 1.00 bits per heavy atom. The van der Waals surface area contributed by atoms with E-state index in [4.69, 9.17) is 11.6 Å². The molecule has 2 aromatic carbocycles. The van der Waals surface area contributed by atoms with Gasteiger partial charge in [-0.3, -0.25) is 9.59 Å². The number of rotatable bonds is 8. The first-order valence-corrected chi connectivity index (χ1v) is 9.13. The summed E-state index contributed by atoms with van der Waals surface area (Å²) in [6.07, 6.45) is 5.01. The van der Waals surface area contributed by atoms with Gasteiger partial charge in [0.15, 0.2) is 0 Å². The maximum absolute atomic E-state index is 12.0. The van der Waals surface area contributed by atoms with Gasteiger partial charge < -0.3 is 5.11 Å². The average Bonchev–Trinajstić information content (AvgIpc) is 2.65. The molecule has 1 N–H and O–H groups in total. The van der Waals surface area contributed by atoms with E-state index >= 15 is 0 Å².